The van der Waals surface area contributed by atoms with Gasteiger partial charge in [-0.15, -0.1) is 4.37 Å². The molecule has 1 N–H and O–H groups in total. The van der Waals surface area contributed by atoms with Crippen LogP contribution in [-0.4, -0.2) is 58.5 Å². The van der Waals surface area contributed by atoms with Crippen molar-refractivity contribution < 1.29 is 19.1 Å². The normalized spacial score (nSPS) is 25.3. The molecule has 0 spiro atoms. The van der Waals surface area contributed by atoms with Gasteiger partial charge in [-0.1, -0.05) is 26.7 Å². The van der Waals surface area contributed by atoms with Crippen LogP contribution < -0.4 is 10.1 Å². The zero-order chi connectivity index (χ0) is 20.3. The van der Waals surface area contributed by atoms with E-state index in [0.29, 0.717) is 29.8 Å². The summed E-state index contributed by atoms with van der Waals surface area (Å²) in [4.78, 5) is 32.1. The Morgan fingerprint density at radius 3 is 2.68 bits per heavy atom. The first kappa shape index (κ1) is 20.8. The second-order valence-electron chi connectivity index (χ2n) is 8.04. The average Bonchev–Trinajstić information content (AvgIpc) is 3.30. The number of fused-ring (bicyclic) bond motifs is 1. The molecule has 1 aliphatic carbocycles. The molecule has 4 atom stereocenters. The number of nitrogens with one attached hydrogen (secondary N) is 1. The predicted molar refractivity (Wildman–Crippen MR) is 106 cm³/mol. The van der Waals surface area contributed by atoms with Crippen molar-refractivity contribution in [3.8, 4) is 6.01 Å². The van der Waals surface area contributed by atoms with Gasteiger partial charge in [0.1, 0.15) is 12.1 Å². The number of nitrogens with zero attached hydrogens (tertiary/aromatic N) is 3. The number of hydrogen-bond donors (Lipinski definition) is 1. The fourth-order valence-electron chi connectivity index (χ4n) is 4.50. The van der Waals surface area contributed by atoms with Gasteiger partial charge >= 0.3 is 12.0 Å². The fraction of sp³-hybridized carbons (Fsp3) is 0.789. The lowest BCUT2D eigenvalue weighted by Crippen LogP contribution is -2.52. The van der Waals surface area contributed by atoms with E-state index in [1.807, 2.05) is 4.90 Å². The Morgan fingerprint density at radius 2 is 2.04 bits per heavy atom. The van der Waals surface area contributed by atoms with Crippen LogP contribution in [0.4, 0.5) is 5.13 Å². The number of hydrogen-bond acceptors (Lipinski definition) is 8. The zero-order valence-corrected chi connectivity index (χ0v) is 17.8. The van der Waals surface area contributed by atoms with E-state index in [2.05, 4.69) is 28.5 Å². The maximum atomic E-state index is 13.6. The van der Waals surface area contributed by atoms with Crippen LogP contribution in [0.15, 0.2) is 0 Å². The van der Waals surface area contributed by atoms with Gasteiger partial charge in [-0.2, -0.15) is 4.98 Å². The summed E-state index contributed by atoms with van der Waals surface area (Å²) in [5.41, 5.74) is 0. The van der Waals surface area contributed by atoms with E-state index < -0.39 is 12.1 Å². The second-order valence-corrected chi connectivity index (χ2v) is 8.80. The van der Waals surface area contributed by atoms with Crippen molar-refractivity contribution in [1.29, 1.82) is 0 Å². The highest BCUT2D eigenvalue weighted by atomic mass is 32.1. The van der Waals surface area contributed by atoms with Gasteiger partial charge in [0.2, 0.25) is 11.0 Å². The van der Waals surface area contributed by atoms with Gasteiger partial charge in [0.05, 0.1) is 14.2 Å². The fourth-order valence-corrected chi connectivity index (χ4v) is 5.09. The van der Waals surface area contributed by atoms with Crippen LogP contribution in [0.3, 0.4) is 0 Å². The molecule has 0 bridgehead atoms. The Labute approximate surface area is 170 Å². The zero-order valence-electron chi connectivity index (χ0n) is 17.0. The number of ether oxygens (including phenoxy) is 2. The molecule has 3 rings (SSSR count). The molecule has 2 heterocycles. The first-order chi connectivity index (χ1) is 13.4. The van der Waals surface area contributed by atoms with Crippen LogP contribution in [0.5, 0.6) is 6.01 Å². The summed E-state index contributed by atoms with van der Waals surface area (Å²) in [6, 6.07) is -0.563. The van der Waals surface area contributed by atoms with E-state index in [-0.39, 0.29) is 23.9 Å². The van der Waals surface area contributed by atoms with Gasteiger partial charge in [-0.3, -0.25) is 4.79 Å². The second kappa shape index (κ2) is 9.07. The number of rotatable bonds is 7. The molecule has 1 aromatic heterocycles. The third-order valence-corrected chi connectivity index (χ3v) is 6.34. The van der Waals surface area contributed by atoms with Gasteiger partial charge in [0, 0.05) is 17.6 Å². The average molecular weight is 411 g/mol. The molecule has 8 nitrogen and oxygen atoms in total. The molecule has 9 heteroatoms. The van der Waals surface area contributed by atoms with Crippen LogP contribution in [0.25, 0.3) is 0 Å². The molecule has 0 radical (unpaired) electrons. The minimum Gasteiger partial charge on any atom is -0.467 e. The van der Waals surface area contributed by atoms with Crippen LogP contribution in [-0.2, 0) is 14.3 Å². The van der Waals surface area contributed by atoms with Gasteiger partial charge in [-0.05, 0) is 37.5 Å². The molecule has 1 saturated heterocycles. The first-order valence-electron chi connectivity index (χ1n) is 9.98. The highest BCUT2D eigenvalue weighted by Gasteiger charge is 2.49. The summed E-state index contributed by atoms with van der Waals surface area (Å²) < 4.78 is 14.2. The maximum absolute atomic E-state index is 13.6. The van der Waals surface area contributed by atoms with Crippen molar-refractivity contribution in [3.63, 3.8) is 0 Å². The topological polar surface area (TPSA) is 93.7 Å². The van der Waals surface area contributed by atoms with Gasteiger partial charge in [0.15, 0.2) is 0 Å². The van der Waals surface area contributed by atoms with Crippen LogP contribution >= 0.6 is 11.5 Å². The first-order valence-corrected chi connectivity index (χ1v) is 10.8. The summed E-state index contributed by atoms with van der Waals surface area (Å²) >= 11 is 1.16. The Balaban J connectivity index is 1.84. The number of esters is 1. The Hall–Kier alpha value is -1.90. The highest BCUT2D eigenvalue weighted by Crippen LogP contribution is 2.40. The molecule has 1 amide bonds. The molecule has 3 unspecified atom stereocenters. The summed E-state index contributed by atoms with van der Waals surface area (Å²) in [5.74, 6) is 0.317. The van der Waals surface area contributed by atoms with Crippen molar-refractivity contribution in [2.75, 3.05) is 19.5 Å². The van der Waals surface area contributed by atoms with Crippen molar-refractivity contribution >= 4 is 28.5 Å². The summed E-state index contributed by atoms with van der Waals surface area (Å²) in [7, 11) is 2.90. The number of likely N-dealkylation sites (tertiary alicyclic amines) is 1. The lowest BCUT2D eigenvalue weighted by Gasteiger charge is -2.36. The monoisotopic (exact) mass is 410 g/mol. The summed E-state index contributed by atoms with van der Waals surface area (Å²) in [6.07, 6.45) is 5.61. The Morgan fingerprint density at radius 1 is 1.29 bits per heavy atom. The van der Waals surface area contributed by atoms with Crippen LogP contribution in [0.1, 0.15) is 52.4 Å². The molecule has 28 heavy (non-hydrogen) atoms. The van der Waals surface area contributed by atoms with Gasteiger partial charge in [0.25, 0.3) is 0 Å². The van der Waals surface area contributed by atoms with Crippen LogP contribution in [0.2, 0.25) is 0 Å². The molecule has 1 saturated carbocycles. The van der Waals surface area contributed by atoms with E-state index in [4.69, 9.17) is 9.47 Å². The predicted octanol–water partition coefficient (Wildman–Crippen LogP) is 2.71. The molecular formula is C19H30N4O4S. The lowest BCUT2D eigenvalue weighted by molar-refractivity contribution is -0.152. The maximum Gasteiger partial charge on any atom is 0.329 e. The van der Waals surface area contributed by atoms with E-state index >= 15 is 0 Å². The van der Waals surface area contributed by atoms with Crippen LogP contribution in [0, 0.1) is 11.8 Å². The molecule has 156 valence electrons. The molecule has 2 fully saturated rings. The number of carbonyl (C=O) groups excluding carboxylic acids is 2. The van der Waals surface area contributed by atoms with E-state index in [1.54, 1.807) is 0 Å². The molecule has 1 aliphatic heterocycles. The van der Waals surface area contributed by atoms with Crippen molar-refractivity contribution in [3.05, 3.63) is 0 Å². The van der Waals surface area contributed by atoms with Crippen molar-refractivity contribution in [2.24, 2.45) is 11.8 Å². The number of methoxy groups -OCH3 is 2. The SMILES string of the molecule is COC(=O)C1CC2CCCCC2N1C(=O)[C@H](CC(C)C)Nc1nc(OC)ns1. The number of carbonyl (C=O) groups is 2. The summed E-state index contributed by atoms with van der Waals surface area (Å²) in [6.45, 7) is 4.15. The van der Waals surface area contributed by atoms with E-state index in [9.17, 15) is 9.59 Å². The minimum atomic E-state index is -0.494. The quantitative estimate of drug-likeness (QED) is 0.691. The lowest BCUT2D eigenvalue weighted by atomic mass is 9.84. The number of anilines is 1. The van der Waals surface area contributed by atoms with Gasteiger partial charge in [-0.25, -0.2) is 4.79 Å². The summed E-state index contributed by atoms with van der Waals surface area (Å²) in [5, 5.41) is 3.78. The third kappa shape index (κ3) is 4.39. The smallest absolute Gasteiger partial charge is 0.329 e. The number of aromatic nitrogens is 2. The molecular weight excluding hydrogens is 380 g/mol. The molecule has 0 aromatic carbocycles. The Kier molecular flexibility index (Phi) is 6.74. The Bertz CT molecular complexity index is 695. The van der Waals surface area contributed by atoms with Gasteiger partial charge < -0.3 is 19.7 Å². The third-order valence-electron chi connectivity index (χ3n) is 5.71. The molecule has 2 aliphatic rings. The van der Waals surface area contributed by atoms with E-state index in [0.717, 1.165) is 37.2 Å². The van der Waals surface area contributed by atoms with E-state index in [1.165, 1.54) is 14.2 Å². The number of amides is 1. The largest absolute Gasteiger partial charge is 0.467 e. The standard InChI is InChI=1S/C19H30N4O4S/c1-11(2)9-13(20-19-21-18(27-4)22-28-19)16(24)23-14-8-6-5-7-12(14)10-15(23)17(25)26-3/h11-15H,5-10H2,1-4H3,(H,20,21,22)/t12?,13-,14?,15?/m0/s1. The van der Waals surface area contributed by atoms with Crippen molar-refractivity contribution in [2.45, 2.75) is 70.5 Å². The molecule has 1 aromatic rings. The van der Waals surface area contributed by atoms with Crippen molar-refractivity contribution in [1.82, 2.24) is 14.3 Å². The minimum absolute atomic E-state index is 0.0485. The highest BCUT2D eigenvalue weighted by molar-refractivity contribution is 7.09.